The molecule has 0 spiro atoms. The van der Waals surface area contributed by atoms with Crippen molar-refractivity contribution in [3.63, 3.8) is 0 Å². The van der Waals surface area contributed by atoms with Gasteiger partial charge in [0.05, 0.1) is 5.60 Å². The lowest BCUT2D eigenvalue weighted by molar-refractivity contribution is 0.0490. The Morgan fingerprint density at radius 2 is 2.33 bits per heavy atom. The van der Waals surface area contributed by atoms with Crippen LogP contribution in [-0.4, -0.2) is 33.3 Å². The Hall–Kier alpha value is -0.870. The van der Waals surface area contributed by atoms with Crippen molar-refractivity contribution >= 4 is 0 Å². The average molecular weight is 211 g/mol. The van der Waals surface area contributed by atoms with Gasteiger partial charge in [0.2, 0.25) is 0 Å². The van der Waals surface area contributed by atoms with Crippen molar-refractivity contribution in [2.75, 3.05) is 13.1 Å². The first kappa shape index (κ1) is 12.2. The largest absolute Gasteiger partial charge is 0.390 e. The maximum absolute atomic E-state index is 10.1. The minimum atomic E-state index is -0.679. The number of nitrogens with one attached hydrogen (secondary N) is 1. The molecule has 2 N–H and O–H groups in total. The fourth-order valence-corrected chi connectivity index (χ4v) is 1.53. The van der Waals surface area contributed by atoms with Crippen molar-refractivity contribution in [3.8, 4) is 0 Å². The van der Waals surface area contributed by atoms with E-state index < -0.39 is 5.60 Å². The zero-order valence-electron chi connectivity index (χ0n) is 9.82. The third-order valence-corrected chi connectivity index (χ3v) is 2.55. The lowest BCUT2D eigenvalue weighted by Crippen LogP contribution is -2.33. The molecular weight excluding hydrogens is 190 g/mol. The van der Waals surface area contributed by atoms with E-state index in [0.29, 0.717) is 6.42 Å². The lowest BCUT2D eigenvalue weighted by atomic mass is 9.97. The standard InChI is InChI=1S/C11H21N3O/c1-4-12-6-5-11(2,15)9-10-13-7-8-14(10)3/h7-8,12,15H,4-6,9H2,1-3H3. The number of hydrogen-bond donors (Lipinski definition) is 2. The zero-order valence-corrected chi connectivity index (χ0v) is 9.82. The Kier molecular flexibility index (Phi) is 4.29. The van der Waals surface area contributed by atoms with Crippen LogP contribution in [0.4, 0.5) is 0 Å². The van der Waals surface area contributed by atoms with Gasteiger partial charge in [-0.25, -0.2) is 4.98 Å². The molecule has 0 saturated carbocycles. The second-order valence-electron chi connectivity index (χ2n) is 4.23. The van der Waals surface area contributed by atoms with Crippen molar-refractivity contribution in [2.45, 2.75) is 32.3 Å². The molecule has 0 aliphatic heterocycles. The fourth-order valence-electron chi connectivity index (χ4n) is 1.53. The first-order valence-electron chi connectivity index (χ1n) is 5.44. The quantitative estimate of drug-likeness (QED) is 0.681. The second-order valence-corrected chi connectivity index (χ2v) is 4.23. The molecule has 0 aliphatic rings. The normalized spacial score (nSPS) is 15.2. The van der Waals surface area contributed by atoms with E-state index in [4.69, 9.17) is 0 Å². The van der Waals surface area contributed by atoms with Gasteiger partial charge in [-0.3, -0.25) is 0 Å². The van der Waals surface area contributed by atoms with Crippen LogP contribution < -0.4 is 5.32 Å². The van der Waals surface area contributed by atoms with E-state index in [9.17, 15) is 5.11 Å². The highest BCUT2D eigenvalue weighted by Gasteiger charge is 2.22. The van der Waals surface area contributed by atoms with Crippen LogP contribution in [-0.2, 0) is 13.5 Å². The molecule has 1 aromatic heterocycles. The van der Waals surface area contributed by atoms with E-state index in [0.717, 1.165) is 25.3 Å². The maximum Gasteiger partial charge on any atom is 0.111 e. The number of nitrogens with zero attached hydrogens (tertiary/aromatic N) is 2. The molecule has 0 amide bonds. The van der Waals surface area contributed by atoms with Gasteiger partial charge in [-0.2, -0.15) is 0 Å². The highest BCUT2D eigenvalue weighted by atomic mass is 16.3. The lowest BCUT2D eigenvalue weighted by Gasteiger charge is -2.22. The van der Waals surface area contributed by atoms with E-state index in [-0.39, 0.29) is 0 Å². The van der Waals surface area contributed by atoms with Crippen molar-refractivity contribution in [3.05, 3.63) is 18.2 Å². The second kappa shape index (κ2) is 5.28. The number of rotatable bonds is 6. The summed E-state index contributed by atoms with van der Waals surface area (Å²) in [6.07, 6.45) is 5.00. The summed E-state index contributed by atoms with van der Waals surface area (Å²) in [5.41, 5.74) is -0.679. The third kappa shape index (κ3) is 4.01. The summed E-state index contributed by atoms with van der Waals surface area (Å²) in [6, 6.07) is 0. The van der Waals surface area contributed by atoms with Gasteiger partial charge in [0, 0.05) is 25.9 Å². The van der Waals surface area contributed by atoms with Crippen molar-refractivity contribution in [2.24, 2.45) is 7.05 Å². The Bertz CT molecular complexity index is 294. The SMILES string of the molecule is CCNCCC(C)(O)Cc1nccn1C. The molecule has 1 rings (SSSR count). The molecule has 4 heteroatoms. The van der Waals surface area contributed by atoms with Crippen LogP contribution in [0.3, 0.4) is 0 Å². The molecule has 1 heterocycles. The summed E-state index contributed by atoms with van der Waals surface area (Å²) < 4.78 is 1.95. The first-order chi connectivity index (χ1) is 7.05. The fraction of sp³-hybridized carbons (Fsp3) is 0.727. The van der Waals surface area contributed by atoms with E-state index in [2.05, 4.69) is 17.2 Å². The van der Waals surface area contributed by atoms with Crippen LogP contribution in [0, 0.1) is 0 Å². The highest BCUT2D eigenvalue weighted by molar-refractivity contribution is 4.96. The molecule has 0 saturated heterocycles. The number of aromatic nitrogens is 2. The zero-order chi connectivity index (χ0) is 11.3. The van der Waals surface area contributed by atoms with Crippen LogP contribution in [0.15, 0.2) is 12.4 Å². The van der Waals surface area contributed by atoms with Crippen molar-refractivity contribution < 1.29 is 5.11 Å². The monoisotopic (exact) mass is 211 g/mol. The van der Waals surface area contributed by atoms with Crippen LogP contribution in [0.5, 0.6) is 0 Å². The molecule has 0 aliphatic carbocycles. The van der Waals surface area contributed by atoms with Crippen molar-refractivity contribution in [1.29, 1.82) is 0 Å². The summed E-state index contributed by atoms with van der Waals surface area (Å²) in [7, 11) is 1.95. The van der Waals surface area contributed by atoms with Crippen molar-refractivity contribution in [1.82, 2.24) is 14.9 Å². The molecule has 0 aromatic carbocycles. The molecule has 0 bridgehead atoms. The molecule has 1 atom stereocenters. The summed E-state index contributed by atoms with van der Waals surface area (Å²) in [5.74, 6) is 0.927. The van der Waals surface area contributed by atoms with E-state index in [1.165, 1.54) is 0 Å². The smallest absolute Gasteiger partial charge is 0.111 e. The van der Waals surface area contributed by atoms with Crippen LogP contribution in [0.1, 0.15) is 26.1 Å². The predicted molar refractivity (Wildman–Crippen MR) is 60.7 cm³/mol. The Morgan fingerprint density at radius 3 is 2.87 bits per heavy atom. The van der Waals surface area contributed by atoms with E-state index in [1.54, 1.807) is 6.20 Å². The summed E-state index contributed by atoms with van der Waals surface area (Å²) in [4.78, 5) is 4.21. The number of hydrogen-bond acceptors (Lipinski definition) is 3. The van der Waals surface area contributed by atoms with Gasteiger partial charge in [-0.15, -0.1) is 0 Å². The van der Waals surface area contributed by atoms with Crippen LogP contribution in [0.2, 0.25) is 0 Å². The molecule has 1 unspecified atom stereocenters. The van der Waals surface area contributed by atoms with E-state index >= 15 is 0 Å². The number of aliphatic hydroxyl groups is 1. The maximum atomic E-state index is 10.1. The number of imidazole rings is 1. The molecule has 4 nitrogen and oxygen atoms in total. The summed E-state index contributed by atoms with van der Waals surface area (Å²) in [6.45, 7) is 5.71. The Balaban J connectivity index is 2.45. The Labute approximate surface area is 91.3 Å². The van der Waals surface area contributed by atoms with Gasteiger partial charge in [-0.05, 0) is 26.4 Å². The molecule has 0 fully saturated rings. The van der Waals surface area contributed by atoms with Crippen LogP contribution in [0.25, 0.3) is 0 Å². The van der Waals surface area contributed by atoms with Gasteiger partial charge in [0.15, 0.2) is 0 Å². The van der Waals surface area contributed by atoms with E-state index in [1.807, 2.05) is 24.7 Å². The minimum Gasteiger partial charge on any atom is -0.390 e. The van der Waals surface area contributed by atoms with Gasteiger partial charge in [0.25, 0.3) is 0 Å². The minimum absolute atomic E-state index is 0.599. The van der Waals surface area contributed by atoms with Gasteiger partial charge >= 0.3 is 0 Å². The molecule has 1 aromatic rings. The number of aryl methyl sites for hydroxylation is 1. The average Bonchev–Trinajstić information content (AvgIpc) is 2.51. The van der Waals surface area contributed by atoms with Gasteiger partial charge < -0.3 is 15.0 Å². The molecule has 0 radical (unpaired) electrons. The molecular formula is C11H21N3O. The van der Waals surface area contributed by atoms with Crippen LogP contribution >= 0.6 is 0 Å². The van der Waals surface area contributed by atoms with Gasteiger partial charge in [0.1, 0.15) is 5.82 Å². The topological polar surface area (TPSA) is 50.1 Å². The summed E-state index contributed by atoms with van der Waals surface area (Å²) >= 11 is 0. The molecule has 15 heavy (non-hydrogen) atoms. The summed E-state index contributed by atoms with van der Waals surface area (Å²) in [5, 5.41) is 13.4. The molecule has 86 valence electrons. The Morgan fingerprint density at radius 1 is 1.60 bits per heavy atom. The first-order valence-corrected chi connectivity index (χ1v) is 5.44. The van der Waals surface area contributed by atoms with Gasteiger partial charge in [-0.1, -0.05) is 6.92 Å². The highest BCUT2D eigenvalue weighted by Crippen LogP contribution is 2.14. The predicted octanol–water partition coefficient (Wildman–Crippen LogP) is 0.713. The third-order valence-electron chi connectivity index (χ3n) is 2.55.